The molecule has 0 spiro atoms. The summed E-state index contributed by atoms with van der Waals surface area (Å²) in [5.74, 6) is -0.299. The SMILES string of the molecule is COC(=O)CCC(O)c1ccc2c(c1)CC(C)N2C(C)=O. The van der Waals surface area contributed by atoms with E-state index in [1.165, 1.54) is 7.11 Å². The summed E-state index contributed by atoms with van der Waals surface area (Å²) in [6.45, 7) is 3.57. The number of methoxy groups -OCH3 is 1. The van der Waals surface area contributed by atoms with Crippen molar-refractivity contribution in [2.75, 3.05) is 12.0 Å². The number of esters is 1. The lowest BCUT2D eigenvalue weighted by molar-refractivity contribution is -0.141. The standard InChI is InChI=1S/C16H21NO4/c1-10-8-13-9-12(15(19)6-7-16(20)21-3)4-5-14(13)17(10)11(2)18/h4-5,9-10,15,19H,6-8H2,1-3H3. The summed E-state index contributed by atoms with van der Waals surface area (Å²) >= 11 is 0. The molecule has 0 saturated carbocycles. The summed E-state index contributed by atoms with van der Waals surface area (Å²) in [5.41, 5.74) is 2.75. The average Bonchev–Trinajstić information content (AvgIpc) is 2.78. The molecule has 114 valence electrons. The van der Waals surface area contributed by atoms with Crippen LogP contribution >= 0.6 is 0 Å². The van der Waals surface area contributed by atoms with Crippen LogP contribution in [0.15, 0.2) is 18.2 Å². The van der Waals surface area contributed by atoms with Crippen LogP contribution in [0.5, 0.6) is 0 Å². The quantitative estimate of drug-likeness (QED) is 0.861. The Morgan fingerprint density at radius 2 is 2.19 bits per heavy atom. The first-order valence-corrected chi connectivity index (χ1v) is 7.11. The number of carbonyl (C=O) groups is 2. The van der Waals surface area contributed by atoms with Gasteiger partial charge >= 0.3 is 5.97 Å². The number of carbonyl (C=O) groups excluding carboxylic acids is 2. The van der Waals surface area contributed by atoms with Gasteiger partial charge < -0.3 is 14.7 Å². The molecule has 21 heavy (non-hydrogen) atoms. The highest BCUT2D eigenvalue weighted by Gasteiger charge is 2.29. The van der Waals surface area contributed by atoms with Crippen molar-refractivity contribution >= 4 is 17.6 Å². The Morgan fingerprint density at radius 3 is 2.81 bits per heavy atom. The van der Waals surface area contributed by atoms with Crippen molar-refractivity contribution in [1.82, 2.24) is 0 Å². The molecule has 1 aromatic carbocycles. The molecule has 0 aromatic heterocycles. The second kappa shape index (κ2) is 6.26. The molecule has 0 aliphatic carbocycles. The fourth-order valence-corrected chi connectivity index (χ4v) is 2.86. The number of benzene rings is 1. The van der Waals surface area contributed by atoms with Crippen molar-refractivity contribution in [3.8, 4) is 0 Å². The van der Waals surface area contributed by atoms with Gasteiger partial charge in [-0.15, -0.1) is 0 Å². The van der Waals surface area contributed by atoms with Crippen LogP contribution in [0.3, 0.4) is 0 Å². The first-order valence-electron chi connectivity index (χ1n) is 7.11. The van der Waals surface area contributed by atoms with Crippen molar-refractivity contribution in [3.05, 3.63) is 29.3 Å². The summed E-state index contributed by atoms with van der Waals surface area (Å²) in [6.07, 6.45) is 0.602. The van der Waals surface area contributed by atoms with Gasteiger partial charge in [-0.05, 0) is 37.0 Å². The van der Waals surface area contributed by atoms with E-state index in [1.54, 1.807) is 11.8 Å². The van der Waals surface area contributed by atoms with Crippen molar-refractivity contribution in [3.63, 3.8) is 0 Å². The zero-order chi connectivity index (χ0) is 15.6. The molecule has 5 nitrogen and oxygen atoms in total. The number of ether oxygens (including phenoxy) is 1. The number of nitrogens with zero attached hydrogens (tertiary/aromatic N) is 1. The van der Waals surface area contributed by atoms with Crippen LogP contribution in [-0.2, 0) is 20.7 Å². The van der Waals surface area contributed by atoms with Crippen LogP contribution in [-0.4, -0.2) is 30.1 Å². The van der Waals surface area contributed by atoms with E-state index in [9.17, 15) is 14.7 Å². The van der Waals surface area contributed by atoms with Gasteiger partial charge in [-0.1, -0.05) is 12.1 Å². The summed E-state index contributed by atoms with van der Waals surface area (Å²) in [4.78, 5) is 24.6. The molecule has 2 rings (SSSR count). The van der Waals surface area contributed by atoms with Gasteiger partial charge in [0, 0.05) is 25.1 Å². The number of anilines is 1. The van der Waals surface area contributed by atoms with Gasteiger partial charge in [0.25, 0.3) is 0 Å². The number of hydrogen-bond donors (Lipinski definition) is 1. The number of hydrogen-bond acceptors (Lipinski definition) is 4. The van der Waals surface area contributed by atoms with Crippen molar-refractivity contribution in [1.29, 1.82) is 0 Å². The molecule has 1 aliphatic heterocycles. The Kier molecular flexibility index (Phi) is 4.63. The molecule has 2 atom stereocenters. The molecule has 1 amide bonds. The number of amides is 1. The summed E-state index contributed by atoms with van der Waals surface area (Å²) < 4.78 is 4.57. The highest BCUT2D eigenvalue weighted by molar-refractivity contribution is 5.94. The molecular weight excluding hydrogens is 270 g/mol. The highest BCUT2D eigenvalue weighted by atomic mass is 16.5. The first-order chi connectivity index (χ1) is 9.93. The molecule has 5 heteroatoms. The lowest BCUT2D eigenvalue weighted by atomic mass is 10.0. The predicted molar refractivity (Wildman–Crippen MR) is 79.0 cm³/mol. The molecular formula is C16H21NO4. The zero-order valence-electron chi connectivity index (χ0n) is 12.6. The third-order valence-corrected chi connectivity index (χ3v) is 3.89. The van der Waals surface area contributed by atoms with E-state index in [4.69, 9.17) is 0 Å². The van der Waals surface area contributed by atoms with Crippen molar-refractivity contribution in [2.45, 2.75) is 45.3 Å². The summed E-state index contributed by atoms with van der Waals surface area (Å²) in [7, 11) is 1.34. The maximum atomic E-state index is 11.7. The van der Waals surface area contributed by atoms with E-state index in [-0.39, 0.29) is 24.3 Å². The number of fused-ring (bicyclic) bond motifs is 1. The molecule has 1 N–H and O–H groups in total. The number of aliphatic hydroxyl groups excluding tert-OH is 1. The molecule has 0 saturated heterocycles. The van der Waals surface area contributed by atoms with Gasteiger partial charge in [0.15, 0.2) is 0 Å². The zero-order valence-corrected chi connectivity index (χ0v) is 12.6. The van der Waals surface area contributed by atoms with Crippen LogP contribution in [0.25, 0.3) is 0 Å². The summed E-state index contributed by atoms with van der Waals surface area (Å²) in [6, 6.07) is 5.75. The largest absolute Gasteiger partial charge is 0.469 e. The van der Waals surface area contributed by atoms with Gasteiger partial charge in [0.05, 0.1) is 13.2 Å². The lowest BCUT2D eigenvalue weighted by Crippen LogP contribution is -2.33. The molecule has 0 radical (unpaired) electrons. The molecule has 1 heterocycles. The van der Waals surface area contributed by atoms with Crippen LogP contribution < -0.4 is 4.90 Å². The van der Waals surface area contributed by atoms with Gasteiger partial charge in [0.1, 0.15) is 0 Å². The van der Waals surface area contributed by atoms with Crippen molar-refractivity contribution in [2.24, 2.45) is 0 Å². The summed E-state index contributed by atoms with van der Waals surface area (Å²) in [5, 5.41) is 10.1. The highest BCUT2D eigenvalue weighted by Crippen LogP contribution is 2.34. The van der Waals surface area contributed by atoms with Gasteiger partial charge in [-0.3, -0.25) is 9.59 Å². The topological polar surface area (TPSA) is 66.8 Å². The average molecular weight is 291 g/mol. The fraction of sp³-hybridized carbons (Fsp3) is 0.500. The third kappa shape index (κ3) is 3.24. The smallest absolute Gasteiger partial charge is 0.305 e. The van der Waals surface area contributed by atoms with E-state index < -0.39 is 6.10 Å². The molecule has 0 bridgehead atoms. The minimum absolute atomic E-state index is 0.0280. The fourth-order valence-electron chi connectivity index (χ4n) is 2.86. The number of rotatable bonds is 4. The van der Waals surface area contributed by atoms with Crippen LogP contribution in [0, 0.1) is 0 Å². The second-order valence-corrected chi connectivity index (χ2v) is 5.46. The minimum atomic E-state index is -0.698. The van der Waals surface area contributed by atoms with E-state index in [0.29, 0.717) is 6.42 Å². The Balaban J connectivity index is 2.14. The second-order valence-electron chi connectivity index (χ2n) is 5.46. The van der Waals surface area contributed by atoms with Crippen LogP contribution in [0.4, 0.5) is 5.69 Å². The first kappa shape index (κ1) is 15.5. The maximum Gasteiger partial charge on any atom is 0.305 e. The minimum Gasteiger partial charge on any atom is -0.469 e. The maximum absolute atomic E-state index is 11.7. The Bertz CT molecular complexity index is 555. The third-order valence-electron chi connectivity index (χ3n) is 3.89. The normalized spacial score (nSPS) is 18.3. The molecule has 1 aromatic rings. The van der Waals surface area contributed by atoms with Crippen LogP contribution in [0.2, 0.25) is 0 Å². The van der Waals surface area contributed by atoms with Gasteiger partial charge in [0.2, 0.25) is 5.91 Å². The van der Waals surface area contributed by atoms with Crippen molar-refractivity contribution < 1.29 is 19.4 Å². The van der Waals surface area contributed by atoms with Gasteiger partial charge in [-0.2, -0.15) is 0 Å². The van der Waals surface area contributed by atoms with Gasteiger partial charge in [-0.25, -0.2) is 0 Å². The predicted octanol–water partition coefficient (Wildman–Crippen LogP) is 1.97. The Morgan fingerprint density at radius 1 is 1.48 bits per heavy atom. The van der Waals surface area contributed by atoms with Crippen LogP contribution in [0.1, 0.15) is 43.9 Å². The lowest BCUT2D eigenvalue weighted by Gasteiger charge is -2.20. The van der Waals surface area contributed by atoms with E-state index in [0.717, 1.165) is 23.2 Å². The van der Waals surface area contributed by atoms with E-state index >= 15 is 0 Å². The molecule has 2 unspecified atom stereocenters. The van der Waals surface area contributed by atoms with E-state index in [2.05, 4.69) is 4.74 Å². The molecule has 0 fully saturated rings. The Hall–Kier alpha value is -1.88. The van der Waals surface area contributed by atoms with E-state index in [1.807, 2.05) is 25.1 Å². The number of aliphatic hydroxyl groups is 1. The monoisotopic (exact) mass is 291 g/mol. The Labute approximate surface area is 124 Å². The molecule has 1 aliphatic rings.